The zero-order valence-corrected chi connectivity index (χ0v) is 10.4. The van der Waals surface area contributed by atoms with E-state index in [0.29, 0.717) is 26.1 Å². The minimum absolute atomic E-state index is 0.00847. The Balaban J connectivity index is 1.82. The molecule has 98 valence electrons. The molecule has 5 nitrogen and oxygen atoms in total. The highest BCUT2D eigenvalue weighted by atomic mass is 16.5. The van der Waals surface area contributed by atoms with Crippen molar-refractivity contribution in [2.75, 3.05) is 26.3 Å². The average Bonchev–Trinajstić information content (AvgIpc) is 2.82. The van der Waals surface area contributed by atoms with Gasteiger partial charge >= 0.3 is 6.03 Å². The summed E-state index contributed by atoms with van der Waals surface area (Å²) >= 11 is 0. The molecule has 0 bridgehead atoms. The number of likely N-dealkylation sites (tertiary alicyclic amines) is 1. The van der Waals surface area contributed by atoms with Crippen molar-refractivity contribution in [3.63, 3.8) is 0 Å². The largest absolute Gasteiger partial charge is 0.393 e. The number of urea groups is 1. The molecule has 17 heavy (non-hydrogen) atoms. The van der Waals surface area contributed by atoms with Crippen LogP contribution in [0, 0.1) is 5.92 Å². The summed E-state index contributed by atoms with van der Waals surface area (Å²) in [5.41, 5.74) is 0. The second-order valence-electron chi connectivity index (χ2n) is 4.98. The second-order valence-corrected chi connectivity index (χ2v) is 4.98. The van der Waals surface area contributed by atoms with Crippen LogP contribution < -0.4 is 5.32 Å². The van der Waals surface area contributed by atoms with Gasteiger partial charge in [-0.15, -0.1) is 0 Å². The van der Waals surface area contributed by atoms with Gasteiger partial charge in [-0.05, 0) is 19.3 Å². The van der Waals surface area contributed by atoms with E-state index in [1.807, 2.05) is 4.90 Å². The first-order valence-corrected chi connectivity index (χ1v) is 6.52. The number of ether oxygens (including phenoxy) is 1. The summed E-state index contributed by atoms with van der Waals surface area (Å²) in [7, 11) is 0. The van der Waals surface area contributed by atoms with Gasteiger partial charge in [0.25, 0.3) is 0 Å². The third-order valence-electron chi connectivity index (χ3n) is 3.76. The van der Waals surface area contributed by atoms with Crippen LogP contribution in [0.2, 0.25) is 0 Å². The van der Waals surface area contributed by atoms with Crippen molar-refractivity contribution in [1.82, 2.24) is 10.2 Å². The van der Waals surface area contributed by atoms with Gasteiger partial charge in [0.15, 0.2) is 0 Å². The molecule has 0 aromatic carbocycles. The van der Waals surface area contributed by atoms with Crippen LogP contribution in [-0.4, -0.2) is 54.5 Å². The highest BCUT2D eigenvalue weighted by Crippen LogP contribution is 2.20. The summed E-state index contributed by atoms with van der Waals surface area (Å²) in [5.74, 6) is 0.217. The van der Waals surface area contributed by atoms with Gasteiger partial charge < -0.3 is 20.1 Å². The fourth-order valence-electron chi connectivity index (χ4n) is 2.52. The van der Waals surface area contributed by atoms with Crippen LogP contribution in [0.15, 0.2) is 0 Å². The maximum atomic E-state index is 12.0. The minimum Gasteiger partial charge on any atom is -0.393 e. The SMILES string of the molecule is CCC1CN(C(=O)NC2CCOC2)CCC1O. The highest BCUT2D eigenvalue weighted by Gasteiger charge is 2.30. The number of rotatable bonds is 2. The van der Waals surface area contributed by atoms with Crippen LogP contribution in [0.5, 0.6) is 0 Å². The standard InChI is InChI=1S/C12H22N2O3/c1-2-9-7-14(5-3-11(9)15)12(16)13-10-4-6-17-8-10/h9-11,15H,2-8H2,1H3,(H,13,16). The molecule has 2 aliphatic rings. The molecule has 2 amide bonds. The van der Waals surface area contributed by atoms with Crippen LogP contribution in [0.4, 0.5) is 4.79 Å². The Labute approximate surface area is 102 Å². The van der Waals surface area contributed by atoms with Gasteiger partial charge in [0.1, 0.15) is 0 Å². The van der Waals surface area contributed by atoms with Crippen LogP contribution >= 0.6 is 0 Å². The molecular weight excluding hydrogens is 220 g/mol. The van der Waals surface area contributed by atoms with Crippen LogP contribution in [0.1, 0.15) is 26.2 Å². The molecular formula is C12H22N2O3. The monoisotopic (exact) mass is 242 g/mol. The Morgan fingerprint density at radius 2 is 2.35 bits per heavy atom. The number of piperidine rings is 1. The number of carbonyl (C=O) groups excluding carboxylic acids is 1. The molecule has 5 heteroatoms. The fraction of sp³-hybridized carbons (Fsp3) is 0.917. The van der Waals surface area contributed by atoms with Crippen LogP contribution in [-0.2, 0) is 4.74 Å². The van der Waals surface area contributed by atoms with Gasteiger partial charge in [0.2, 0.25) is 0 Å². The van der Waals surface area contributed by atoms with E-state index in [0.717, 1.165) is 19.4 Å². The average molecular weight is 242 g/mol. The van der Waals surface area contributed by atoms with E-state index < -0.39 is 0 Å². The van der Waals surface area contributed by atoms with E-state index in [4.69, 9.17) is 4.74 Å². The molecule has 0 aromatic heterocycles. The van der Waals surface area contributed by atoms with Gasteiger partial charge in [-0.3, -0.25) is 0 Å². The Morgan fingerprint density at radius 1 is 1.53 bits per heavy atom. The molecule has 2 heterocycles. The number of amides is 2. The lowest BCUT2D eigenvalue weighted by Gasteiger charge is -2.36. The maximum absolute atomic E-state index is 12.0. The zero-order chi connectivity index (χ0) is 12.3. The zero-order valence-electron chi connectivity index (χ0n) is 10.4. The van der Waals surface area contributed by atoms with E-state index in [1.54, 1.807) is 0 Å². The topological polar surface area (TPSA) is 61.8 Å². The van der Waals surface area contributed by atoms with Crippen molar-refractivity contribution in [2.24, 2.45) is 5.92 Å². The molecule has 0 saturated carbocycles. The van der Waals surface area contributed by atoms with Gasteiger partial charge in [0, 0.05) is 25.6 Å². The Morgan fingerprint density at radius 3 is 3.00 bits per heavy atom. The second kappa shape index (κ2) is 5.69. The first-order valence-electron chi connectivity index (χ1n) is 6.52. The molecule has 2 aliphatic heterocycles. The molecule has 3 unspecified atom stereocenters. The molecule has 0 aliphatic carbocycles. The number of aliphatic hydroxyl groups excluding tert-OH is 1. The number of hydrogen-bond donors (Lipinski definition) is 2. The normalized spacial score (nSPS) is 33.8. The third-order valence-corrected chi connectivity index (χ3v) is 3.76. The van der Waals surface area contributed by atoms with E-state index in [2.05, 4.69) is 12.2 Å². The van der Waals surface area contributed by atoms with E-state index in [1.165, 1.54) is 0 Å². The van der Waals surface area contributed by atoms with Crippen molar-refractivity contribution in [3.05, 3.63) is 0 Å². The number of aliphatic hydroxyl groups is 1. The van der Waals surface area contributed by atoms with Gasteiger partial charge in [0.05, 0.1) is 18.8 Å². The Hall–Kier alpha value is -0.810. The summed E-state index contributed by atoms with van der Waals surface area (Å²) in [4.78, 5) is 13.8. The molecule has 2 fully saturated rings. The Kier molecular flexibility index (Phi) is 4.23. The molecule has 2 N–H and O–H groups in total. The predicted molar refractivity (Wildman–Crippen MR) is 63.7 cm³/mol. The van der Waals surface area contributed by atoms with E-state index >= 15 is 0 Å². The van der Waals surface area contributed by atoms with Crippen molar-refractivity contribution in [2.45, 2.75) is 38.3 Å². The minimum atomic E-state index is -0.251. The smallest absolute Gasteiger partial charge is 0.317 e. The van der Waals surface area contributed by atoms with Crippen LogP contribution in [0.25, 0.3) is 0 Å². The lowest BCUT2D eigenvalue weighted by atomic mass is 9.93. The molecule has 0 spiro atoms. The summed E-state index contributed by atoms with van der Waals surface area (Å²) in [6, 6.07) is 0.153. The molecule has 0 radical (unpaired) electrons. The number of nitrogens with one attached hydrogen (secondary N) is 1. The quantitative estimate of drug-likeness (QED) is 0.744. The van der Waals surface area contributed by atoms with Crippen LogP contribution in [0.3, 0.4) is 0 Å². The predicted octanol–water partition coefficient (Wildman–Crippen LogP) is 0.578. The summed E-state index contributed by atoms with van der Waals surface area (Å²) in [6.45, 7) is 4.73. The van der Waals surface area contributed by atoms with Gasteiger partial charge in [-0.25, -0.2) is 4.79 Å². The van der Waals surface area contributed by atoms with Gasteiger partial charge in [-0.2, -0.15) is 0 Å². The number of carbonyl (C=O) groups is 1. The van der Waals surface area contributed by atoms with E-state index in [9.17, 15) is 9.90 Å². The molecule has 3 atom stereocenters. The van der Waals surface area contributed by atoms with Gasteiger partial charge in [-0.1, -0.05) is 6.92 Å². The molecule has 2 rings (SSSR count). The Bertz CT molecular complexity index is 266. The summed E-state index contributed by atoms with van der Waals surface area (Å²) < 4.78 is 5.23. The lowest BCUT2D eigenvalue weighted by Crippen LogP contribution is -2.51. The highest BCUT2D eigenvalue weighted by molar-refractivity contribution is 5.74. The number of hydrogen-bond acceptors (Lipinski definition) is 3. The first kappa shape index (κ1) is 12.6. The van der Waals surface area contributed by atoms with Crippen molar-refractivity contribution < 1.29 is 14.6 Å². The summed E-state index contributed by atoms with van der Waals surface area (Å²) in [6.07, 6.45) is 2.25. The first-order chi connectivity index (χ1) is 8.20. The van der Waals surface area contributed by atoms with Crippen molar-refractivity contribution in [3.8, 4) is 0 Å². The van der Waals surface area contributed by atoms with Crippen molar-refractivity contribution in [1.29, 1.82) is 0 Å². The van der Waals surface area contributed by atoms with Crippen molar-refractivity contribution >= 4 is 6.03 Å². The summed E-state index contributed by atoms with van der Waals surface area (Å²) in [5, 5.41) is 12.8. The molecule has 2 saturated heterocycles. The molecule has 0 aromatic rings. The lowest BCUT2D eigenvalue weighted by molar-refractivity contribution is 0.0376. The van der Waals surface area contributed by atoms with E-state index in [-0.39, 0.29) is 24.1 Å². The number of nitrogens with zero attached hydrogens (tertiary/aromatic N) is 1. The fourth-order valence-corrected chi connectivity index (χ4v) is 2.52. The third kappa shape index (κ3) is 3.10. The maximum Gasteiger partial charge on any atom is 0.317 e.